The van der Waals surface area contributed by atoms with Gasteiger partial charge < -0.3 is 9.15 Å². The van der Waals surface area contributed by atoms with Crippen LogP contribution in [0.2, 0.25) is 0 Å². The maximum atomic E-state index is 11.0. The van der Waals surface area contributed by atoms with Crippen LogP contribution in [0.3, 0.4) is 0 Å². The second kappa shape index (κ2) is 5.14. The highest BCUT2D eigenvalue weighted by Crippen LogP contribution is 2.20. The van der Waals surface area contributed by atoms with Crippen LogP contribution in [0.4, 0.5) is 0 Å². The molecule has 6 heteroatoms. The highest BCUT2D eigenvalue weighted by molar-refractivity contribution is 5.70. The molecule has 0 amide bonds. The Morgan fingerprint density at radius 3 is 2.93 bits per heavy atom. The van der Waals surface area contributed by atoms with E-state index in [1.165, 1.54) is 13.4 Å². The van der Waals surface area contributed by atoms with Gasteiger partial charge in [-0.3, -0.25) is 14.9 Å². The summed E-state index contributed by atoms with van der Waals surface area (Å²) >= 11 is 0. The van der Waals surface area contributed by atoms with Crippen molar-refractivity contribution in [2.24, 2.45) is 0 Å². The lowest BCUT2D eigenvalue weighted by molar-refractivity contribution is -0.483. The van der Waals surface area contributed by atoms with E-state index in [1.807, 2.05) is 0 Å². The lowest BCUT2D eigenvalue weighted by atomic mass is 10.0. The molecule has 6 nitrogen and oxygen atoms in total. The fourth-order valence-electron chi connectivity index (χ4n) is 1.24. The summed E-state index contributed by atoms with van der Waals surface area (Å²) in [5.41, 5.74) is 0. The Hall–Kier alpha value is -1.85. The van der Waals surface area contributed by atoms with Gasteiger partial charge in [0, 0.05) is 4.92 Å². The van der Waals surface area contributed by atoms with E-state index in [0.29, 0.717) is 5.76 Å². The zero-order valence-corrected chi connectivity index (χ0v) is 8.21. The standard InChI is InChI=1S/C9H11NO5/c1-14-9(11)5-7(6-10(12)13)8-3-2-4-15-8/h2-4,7H,5-6H2,1H3. The van der Waals surface area contributed by atoms with Crippen molar-refractivity contribution in [1.82, 2.24) is 0 Å². The molecule has 0 fully saturated rings. The minimum absolute atomic E-state index is 0.0506. The summed E-state index contributed by atoms with van der Waals surface area (Å²) in [6.07, 6.45) is 1.37. The Kier molecular flexibility index (Phi) is 3.84. The van der Waals surface area contributed by atoms with Gasteiger partial charge in [0.25, 0.3) is 0 Å². The van der Waals surface area contributed by atoms with E-state index in [2.05, 4.69) is 4.74 Å². The number of esters is 1. The summed E-state index contributed by atoms with van der Waals surface area (Å²) < 4.78 is 9.49. The highest BCUT2D eigenvalue weighted by Gasteiger charge is 2.24. The number of carbonyl (C=O) groups is 1. The molecule has 0 spiro atoms. The van der Waals surface area contributed by atoms with Gasteiger partial charge in [-0.2, -0.15) is 0 Å². The van der Waals surface area contributed by atoms with Crippen LogP contribution in [0.25, 0.3) is 0 Å². The van der Waals surface area contributed by atoms with Crippen molar-refractivity contribution in [3.8, 4) is 0 Å². The molecule has 1 unspecified atom stereocenters. The van der Waals surface area contributed by atoms with Gasteiger partial charge in [0.2, 0.25) is 6.54 Å². The summed E-state index contributed by atoms with van der Waals surface area (Å²) in [6.45, 7) is -0.345. The molecular formula is C9H11NO5. The van der Waals surface area contributed by atoms with Crippen molar-refractivity contribution in [3.63, 3.8) is 0 Å². The predicted octanol–water partition coefficient (Wildman–Crippen LogP) is 1.20. The maximum Gasteiger partial charge on any atom is 0.306 e. The van der Waals surface area contributed by atoms with Crippen molar-refractivity contribution in [2.45, 2.75) is 12.3 Å². The zero-order chi connectivity index (χ0) is 11.3. The summed E-state index contributed by atoms with van der Waals surface area (Å²) in [7, 11) is 1.24. The monoisotopic (exact) mass is 213 g/mol. The number of ether oxygens (including phenoxy) is 1. The third-order valence-corrected chi connectivity index (χ3v) is 1.96. The Labute approximate surface area is 86.0 Å². The largest absolute Gasteiger partial charge is 0.469 e. The molecule has 0 bridgehead atoms. The van der Waals surface area contributed by atoms with Crippen LogP contribution in [0.1, 0.15) is 18.1 Å². The van der Waals surface area contributed by atoms with Crippen molar-refractivity contribution < 1.29 is 18.9 Å². The van der Waals surface area contributed by atoms with Crippen molar-refractivity contribution in [3.05, 3.63) is 34.3 Å². The van der Waals surface area contributed by atoms with E-state index >= 15 is 0 Å². The van der Waals surface area contributed by atoms with E-state index < -0.39 is 16.8 Å². The van der Waals surface area contributed by atoms with Crippen molar-refractivity contribution in [2.75, 3.05) is 13.7 Å². The van der Waals surface area contributed by atoms with E-state index in [-0.39, 0.29) is 13.0 Å². The molecule has 0 aliphatic carbocycles. The molecule has 0 radical (unpaired) electrons. The molecule has 0 aliphatic rings. The molecule has 1 heterocycles. The number of hydrogen-bond acceptors (Lipinski definition) is 5. The molecule has 82 valence electrons. The lowest BCUT2D eigenvalue weighted by Crippen LogP contribution is -2.16. The number of carbonyl (C=O) groups excluding carboxylic acids is 1. The third-order valence-electron chi connectivity index (χ3n) is 1.96. The molecule has 15 heavy (non-hydrogen) atoms. The number of hydrogen-bond donors (Lipinski definition) is 0. The van der Waals surface area contributed by atoms with Crippen LogP contribution >= 0.6 is 0 Å². The second-order valence-corrected chi connectivity index (χ2v) is 3.01. The molecule has 1 rings (SSSR count). The van der Waals surface area contributed by atoms with Gasteiger partial charge in [0.05, 0.1) is 25.7 Å². The highest BCUT2D eigenvalue weighted by atomic mass is 16.6. The third kappa shape index (κ3) is 3.41. The van der Waals surface area contributed by atoms with E-state index in [1.54, 1.807) is 12.1 Å². The molecular weight excluding hydrogens is 202 g/mol. The van der Waals surface area contributed by atoms with Crippen LogP contribution < -0.4 is 0 Å². The molecule has 1 atom stereocenters. The average Bonchev–Trinajstić information content (AvgIpc) is 2.68. The maximum absolute atomic E-state index is 11.0. The molecule has 1 aromatic heterocycles. The first-order chi connectivity index (χ1) is 7.13. The zero-order valence-electron chi connectivity index (χ0n) is 8.21. The van der Waals surface area contributed by atoms with Crippen LogP contribution in [0, 0.1) is 10.1 Å². The molecule has 0 saturated carbocycles. The van der Waals surface area contributed by atoms with Crippen LogP contribution in [0.15, 0.2) is 22.8 Å². The van der Waals surface area contributed by atoms with Gasteiger partial charge in [-0.15, -0.1) is 0 Å². The fourth-order valence-corrected chi connectivity index (χ4v) is 1.24. The fraction of sp³-hybridized carbons (Fsp3) is 0.444. The van der Waals surface area contributed by atoms with E-state index in [9.17, 15) is 14.9 Å². The number of rotatable bonds is 5. The first-order valence-corrected chi connectivity index (χ1v) is 4.35. The Balaban J connectivity index is 2.70. The van der Waals surface area contributed by atoms with Gasteiger partial charge in [-0.1, -0.05) is 0 Å². The normalized spacial score (nSPS) is 12.1. The summed E-state index contributed by atoms with van der Waals surface area (Å²) in [5.74, 6) is -0.627. The number of nitrogens with zero attached hydrogens (tertiary/aromatic N) is 1. The molecule has 0 saturated heterocycles. The Bertz CT molecular complexity index is 332. The minimum Gasteiger partial charge on any atom is -0.469 e. The van der Waals surface area contributed by atoms with E-state index in [0.717, 1.165) is 0 Å². The summed E-state index contributed by atoms with van der Waals surface area (Å²) in [5, 5.41) is 10.4. The van der Waals surface area contributed by atoms with Crippen LogP contribution in [-0.4, -0.2) is 24.5 Å². The molecule has 1 aromatic rings. The lowest BCUT2D eigenvalue weighted by Gasteiger charge is -2.07. The number of methoxy groups -OCH3 is 1. The van der Waals surface area contributed by atoms with Crippen molar-refractivity contribution in [1.29, 1.82) is 0 Å². The molecule has 0 aromatic carbocycles. The van der Waals surface area contributed by atoms with Gasteiger partial charge in [-0.05, 0) is 12.1 Å². The van der Waals surface area contributed by atoms with Crippen LogP contribution in [-0.2, 0) is 9.53 Å². The predicted molar refractivity (Wildman–Crippen MR) is 49.9 cm³/mol. The van der Waals surface area contributed by atoms with Crippen molar-refractivity contribution >= 4 is 5.97 Å². The minimum atomic E-state index is -0.567. The number of nitro groups is 1. The quantitative estimate of drug-likeness (QED) is 0.417. The molecule has 0 N–H and O–H groups in total. The Morgan fingerprint density at radius 2 is 2.47 bits per heavy atom. The number of furan rings is 1. The average molecular weight is 213 g/mol. The second-order valence-electron chi connectivity index (χ2n) is 3.01. The van der Waals surface area contributed by atoms with Gasteiger partial charge in [0.1, 0.15) is 5.76 Å². The molecule has 0 aliphatic heterocycles. The summed E-state index contributed by atoms with van der Waals surface area (Å²) in [4.78, 5) is 20.9. The first kappa shape index (κ1) is 11.2. The van der Waals surface area contributed by atoms with Crippen LogP contribution in [0.5, 0.6) is 0 Å². The Morgan fingerprint density at radius 1 is 1.73 bits per heavy atom. The van der Waals surface area contributed by atoms with Gasteiger partial charge >= 0.3 is 5.97 Å². The van der Waals surface area contributed by atoms with E-state index in [4.69, 9.17) is 4.42 Å². The topological polar surface area (TPSA) is 82.6 Å². The first-order valence-electron chi connectivity index (χ1n) is 4.35. The summed E-state index contributed by atoms with van der Waals surface area (Å²) in [6, 6.07) is 3.23. The smallest absolute Gasteiger partial charge is 0.306 e. The van der Waals surface area contributed by atoms with Gasteiger partial charge in [-0.25, -0.2) is 0 Å². The SMILES string of the molecule is COC(=O)CC(C[N+](=O)[O-])c1ccco1. The van der Waals surface area contributed by atoms with Gasteiger partial charge in [0.15, 0.2) is 0 Å².